The average molecular weight is 416 g/mol. The maximum atomic E-state index is 17.2. The lowest BCUT2D eigenvalue weighted by atomic mass is 9.44. The molecule has 2 N–H and O–H groups in total. The summed E-state index contributed by atoms with van der Waals surface area (Å²) in [6.07, 6.45) is -2.53. The molecular weight excluding hydrogens is 383 g/mol. The van der Waals surface area contributed by atoms with Gasteiger partial charge in [-0.25, -0.2) is 4.39 Å². The van der Waals surface area contributed by atoms with Gasteiger partial charge in [0.05, 0.1) is 16.0 Å². The molecule has 0 spiro atoms. The van der Waals surface area contributed by atoms with Crippen molar-refractivity contribution in [3.63, 3.8) is 0 Å². The topological polar surface area (TPSA) is 74.6 Å². The van der Waals surface area contributed by atoms with Crippen molar-refractivity contribution >= 4 is 23.2 Å². The van der Waals surface area contributed by atoms with Crippen LogP contribution in [0.15, 0.2) is 23.8 Å². The van der Waals surface area contributed by atoms with E-state index in [-0.39, 0.29) is 12.0 Å². The third-order valence-corrected chi connectivity index (χ3v) is 8.37. The third-order valence-electron chi connectivity index (χ3n) is 8.20. The van der Waals surface area contributed by atoms with Crippen molar-refractivity contribution in [2.24, 2.45) is 28.6 Å². The number of hydrogen-bond acceptors (Lipinski definition) is 4. The minimum absolute atomic E-state index is 0.0936. The number of allylic oxidation sites excluding steroid dienone is 4. The van der Waals surface area contributed by atoms with E-state index in [0.29, 0.717) is 0 Å². The van der Waals surface area contributed by atoms with Crippen LogP contribution in [0.1, 0.15) is 53.3 Å². The molecule has 8 atom stereocenters. The summed E-state index contributed by atoms with van der Waals surface area (Å²) in [7, 11) is 0. The van der Waals surface area contributed by atoms with Crippen LogP contribution in [0.2, 0.25) is 0 Å². The van der Waals surface area contributed by atoms with E-state index in [1.165, 1.54) is 19.9 Å². The molecule has 4 nitrogen and oxygen atoms in total. The van der Waals surface area contributed by atoms with Crippen molar-refractivity contribution in [3.8, 4) is 0 Å². The first-order valence-electron chi connectivity index (χ1n) is 12.1. The van der Waals surface area contributed by atoms with Crippen molar-refractivity contribution in [2.45, 2.75) is 63.8 Å². The van der Waals surface area contributed by atoms with Crippen LogP contribution in [0, 0.1) is 28.6 Å². The van der Waals surface area contributed by atoms with Gasteiger partial charge in [0.1, 0.15) is 5.60 Å². The van der Waals surface area contributed by atoms with E-state index in [9.17, 15) is 19.8 Å². The number of aliphatic hydroxyl groups is 2. The number of halogens is 2. The van der Waals surface area contributed by atoms with Crippen molar-refractivity contribution in [1.29, 1.82) is 0 Å². The molecule has 0 bridgehead atoms. The first-order valence-corrected chi connectivity index (χ1v) is 9.96. The lowest BCUT2D eigenvalue weighted by molar-refractivity contribution is -0.218. The Morgan fingerprint density at radius 2 is 2.18 bits per heavy atom. The Balaban J connectivity index is 1.93. The number of aliphatic hydroxyl groups excluding tert-OH is 1. The predicted molar refractivity (Wildman–Crippen MR) is 104 cm³/mol. The van der Waals surface area contributed by atoms with E-state index >= 15 is 4.39 Å². The molecule has 28 heavy (non-hydrogen) atoms. The summed E-state index contributed by atoms with van der Waals surface area (Å²) in [4.78, 5) is 25.2. The second kappa shape index (κ2) is 5.99. The van der Waals surface area contributed by atoms with Crippen LogP contribution in [0.5, 0.6) is 0 Å². The van der Waals surface area contributed by atoms with Crippen molar-refractivity contribution < 1.29 is 31.0 Å². The number of ketones is 2. The standard InChI is InChI=1S/C22H28ClFO4/c1-12-8-16-15-5-4-13-9-14(25)6-7-19(13,2)21(15,24)17(26)10-20(16,3)22(12,28)18(27)11-23/h6-7,9,12,15-17,26,28H,4-5,8,10-11H2,1-3H3/t12-,15-,16-,17-,19?,20-,21-,22+/m0/s1/i4D2,9D,11D2. The van der Waals surface area contributed by atoms with Gasteiger partial charge in [0, 0.05) is 19.5 Å². The predicted octanol–water partition coefficient (Wildman–Crippen LogP) is 3.14. The molecule has 0 saturated heterocycles. The quantitative estimate of drug-likeness (QED) is 0.679. The second-order valence-corrected chi connectivity index (χ2v) is 9.41. The minimum Gasteiger partial charge on any atom is -0.390 e. The van der Waals surface area contributed by atoms with Crippen LogP contribution in [-0.2, 0) is 9.59 Å². The largest absolute Gasteiger partial charge is 0.390 e. The number of alkyl halides is 2. The molecular formula is C22H28ClFO4. The van der Waals surface area contributed by atoms with E-state index in [4.69, 9.17) is 18.5 Å². The van der Waals surface area contributed by atoms with Gasteiger partial charge in [0.25, 0.3) is 0 Å². The average Bonchev–Trinajstić information content (AvgIpc) is 2.87. The molecule has 0 aromatic heterocycles. The summed E-state index contributed by atoms with van der Waals surface area (Å²) in [5, 5.41) is 22.9. The first kappa shape index (κ1) is 14.9. The summed E-state index contributed by atoms with van der Waals surface area (Å²) in [6, 6.07) is -0.622. The molecule has 4 aliphatic carbocycles. The molecule has 154 valence electrons. The van der Waals surface area contributed by atoms with E-state index in [2.05, 4.69) is 0 Å². The highest BCUT2D eigenvalue weighted by Gasteiger charge is 2.75. The van der Waals surface area contributed by atoms with Crippen molar-refractivity contribution in [2.75, 3.05) is 5.83 Å². The van der Waals surface area contributed by atoms with Crippen LogP contribution in [-0.4, -0.2) is 45.0 Å². The number of Topliss-reactive ketones (excluding diaryl/α,β-unsaturated/α-hetero) is 1. The van der Waals surface area contributed by atoms with Crippen LogP contribution in [0.4, 0.5) is 4.39 Å². The molecule has 0 radical (unpaired) electrons. The smallest absolute Gasteiger partial charge is 0.179 e. The Bertz CT molecular complexity index is 1010. The van der Waals surface area contributed by atoms with Gasteiger partial charge in [-0.05, 0) is 56.5 Å². The zero-order valence-electron chi connectivity index (χ0n) is 21.1. The third kappa shape index (κ3) is 2.08. The van der Waals surface area contributed by atoms with E-state index < -0.39 is 88.6 Å². The highest BCUT2D eigenvalue weighted by molar-refractivity contribution is 6.29. The Morgan fingerprint density at radius 1 is 1.50 bits per heavy atom. The second-order valence-electron chi connectivity index (χ2n) is 9.23. The fourth-order valence-electron chi connectivity index (χ4n) is 6.62. The lowest BCUT2D eigenvalue weighted by Crippen LogP contribution is -2.69. The Hall–Kier alpha value is -1.04. The molecule has 0 amide bonds. The van der Waals surface area contributed by atoms with Gasteiger partial charge in [0.15, 0.2) is 17.2 Å². The fraction of sp³-hybridized carbons (Fsp3) is 0.727. The Morgan fingerprint density at radius 3 is 2.82 bits per heavy atom. The van der Waals surface area contributed by atoms with Crippen LogP contribution < -0.4 is 0 Å². The monoisotopic (exact) mass is 415 g/mol. The SMILES string of the molecule is [2H]C1=C2C([2H])([2H])C[C@H]3[C@@H]4C[C@H](C)[C@@](O)(C(=O)C([2H])([2H])Cl)[C@@]4(C)C[C@H](O)[C@]3(F)C2(C)C=CC1=O. The summed E-state index contributed by atoms with van der Waals surface area (Å²) in [5.41, 5.74) is -8.35. The van der Waals surface area contributed by atoms with E-state index in [1.54, 1.807) is 6.92 Å². The summed E-state index contributed by atoms with van der Waals surface area (Å²) >= 11 is 5.66. The van der Waals surface area contributed by atoms with Gasteiger partial charge in [-0.3, -0.25) is 9.59 Å². The number of carbonyl (C=O) groups excluding carboxylic acids is 2. The number of hydrogen-bond donors (Lipinski definition) is 2. The molecule has 0 aromatic carbocycles. The maximum absolute atomic E-state index is 17.2. The van der Waals surface area contributed by atoms with Gasteiger partial charge in [-0.1, -0.05) is 25.5 Å². The summed E-state index contributed by atoms with van der Waals surface area (Å²) in [5.74, 6) is -7.66. The van der Waals surface area contributed by atoms with Crippen molar-refractivity contribution in [3.05, 3.63) is 23.8 Å². The van der Waals surface area contributed by atoms with E-state index in [1.807, 2.05) is 0 Å². The van der Waals surface area contributed by atoms with Crippen LogP contribution in [0.25, 0.3) is 0 Å². The molecule has 3 saturated carbocycles. The minimum atomic E-state index is -2.88. The molecule has 4 rings (SSSR count). The van der Waals surface area contributed by atoms with Gasteiger partial charge >= 0.3 is 0 Å². The summed E-state index contributed by atoms with van der Waals surface area (Å²) < 4.78 is 58.1. The van der Waals surface area contributed by atoms with Gasteiger partial charge in [-0.15, -0.1) is 11.6 Å². The van der Waals surface area contributed by atoms with Crippen molar-refractivity contribution in [1.82, 2.24) is 0 Å². The normalized spacial score (nSPS) is 57.8. The Labute approximate surface area is 176 Å². The number of rotatable bonds is 2. The lowest BCUT2D eigenvalue weighted by Gasteiger charge is -2.62. The molecule has 0 aromatic rings. The first-order chi connectivity index (χ1) is 14.8. The molecule has 3 fully saturated rings. The zero-order chi connectivity index (χ0) is 25.2. The molecule has 6 heteroatoms. The molecule has 4 aliphatic rings. The summed E-state index contributed by atoms with van der Waals surface area (Å²) in [6.45, 7) is 4.43. The van der Waals surface area contributed by atoms with Crippen LogP contribution >= 0.6 is 11.6 Å². The zero-order valence-corrected chi connectivity index (χ0v) is 16.8. The highest BCUT2D eigenvalue weighted by atomic mass is 35.5. The highest BCUT2D eigenvalue weighted by Crippen LogP contribution is 2.70. The Kier molecular flexibility index (Phi) is 3.18. The van der Waals surface area contributed by atoms with E-state index in [0.717, 1.165) is 6.08 Å². The molecule has 0 aliphatic heterocycles. The van der Waals surface area contributed by atoms with Gasteiger partial charge < -0.3 is 10.2 Å². The number of fused-ring (bicyclic) bond motifs is 5. The number of carbonyl (C=O) groups is 2. The molecule has 0 heterocycles. The van der Waals surface area contributed by atoms with Gasteiger partial charge in [-0.2, -0.15) is 0 Å². The fourth-order valence-corrected chi connectivity index (χ4v) is 6.76. The molecule has 1 unspecified atom stereocenters. The van der Waals surface area contributed by atoms with Gasteiger partial charge in [0.2, 0.25) is 0 Å². The maximum Gasteiger partial charge on any atom is 0.179 e. The van der Waals surface area contributed by atoms with Crippen LogP contribution in [0.3, 0.4) is 0 Å².